The molecule has 0 spiro atoms. The van der Waals surface area contributed by atoms with Crippen LogP contribution >= 0.6 is 0 Å². The zero-order valence-electron chi connectivity index (χ0n) is 8.44. The van der Waals surface area contributed by atoms with Gasteiger partial charge in [-0.3, -0.25) is 0 Å². The van der Waals surface area contributed by atoms with E-state index in [1.807, 2.05) is 7.05 Å². The van der Waals surface area contributed by atoms with Gasteiger partial charge in [-0.1, -0.05) is 0 Å². The van der Waals surface area contributed by atoms with E-state index in [2.05, 4.69) is 36.4 Å². The van der Waals surface area contributed by atoms with Crippen LogP contribution in [0, 0.1) is 0 Å². The van der Waals surface area contributed by atoms with Crippen molar-refractivity contribution in [3.8, 4) is 0 Å². The number of hydrogen-bond acceptors (Lipinski definition) is 3. The fourth-order valence-electron chi connectivity index (χ4n) is 1.50. The highest BCUT2D eigenvalue weighted by atomic mass is 15.2. The summed E-state index contributed by atoms with van der Waals surface area (Å²) >= 11 is 0. The molecule has 12 heavy (non-hydrogen) atoms. The van der Waals surface area contributed by atoms with Crippen molar-refractivity contribution in [3.05, 3.63) is 11.5 Å². The van der Waals surface area contributed by atoms with Crippen molar-refractivity contribution in [1.29, 1.82) is 0 Å². The van der Waals surface area contributed by atoms with Gasteiger partial charge in [0, 0.05) is 26.7 Å². The summed E-state index contributed by atoms with van der Waals surface area (Å²) in [6, 6.07) is 0.628. The van der Waals surface area contributed by atoms with Gasteiger partial charge in [0.2, 0.25) is 0 Å². The Bertz CT molecular complexity index is 186. The first kappa shape index (κ1) is 9.23. The molecule has 0 aromatic rings. The molecule has 1 aliphatic heterocycles. The average Bonchev–Trinajstić information content (AvgIpc) is 2.19. The summed E-state index contributed by atoms with van der Waals surface area (Å²) in [5.41, 5.74) is 1.29. The van der Waals surface area contributed by atoms with E-state index in [4.69, 9.17) is 0 Å². The predicted molar refractivity (Wildman–Crippen MR) is 51.6 cm³/mol. The molecule has 0 aromatic carbocycles. The Balaban J connectivity index is 2.81. The molecule has 2 N–H and O–H groups in total. The number of allylic oxidation sites excluding steroid dienone is 1. The van der Waals surface area contributed by atoms with Crippen LogP contribution in [0.25, 0.3) is 0 Å². The zero-order valence-corrected chi connectivity index (χ0v) is 8.44. The van der Waals surface area contributed by atoms with E-state index >= 15 is 0 Å². The molecular formula is C9H19N3. The number of nitrogens with one attached hydrogen (secondary N) is 2. The Morgan fingerprint density at radius 2 is 2.25 bits per heavy atom. The molecule has 0 radical (unpaired) electrons. The van der Waals surface area contributed by atoms with Gasteiger partial charge in [-0.15, -0.1) is 0 Å². The van der Waals surface area contributed by atoms with Crippen molar-refractivity contribution < 1.29 is 0 Å². The molecule has 1 heterocycles. The van der Waals surface area contributed by atoms with Crippen LogP contribution < -0.4 is 10.6 Å². The van der Waals surface area contributed by atoms with E-state index in [1.54, 1.807) is 0 Å². The Kier molecular flexibility index (Phi) is 2.84. The molecule has 0 bridgehead atoms. The van der Waals surface area contributed by atoms with Crippen LogP contribution in [0.15, 0.2) is 11.5 Å². The largest absolute Gasteiger partial charge is 0.374 e. The summed E-state index contributed by atoms with van der Waals surface area (Å²) in [5, 5.41) is 6.54. The molecule has 3 heteroatoms. The maximum absolute atomic E-state index is 3.37. The van der Waals surface area contributed by atoms with Crippen molar-refractivity contribution in [2.24, 2.45) is 0 Å². The van der Waals surface area contributed by atoms with Gasteiger partial charge >= 0.3 is 0 Å². The maximum Gasteiger partial charge on any atom is 0.118 e. The molecule has 0 fully saturated rings. The second-order valence-corrected chi connectivity index (χ2v) is 3.39. The van der Waals surface area contributed by atoms with Gasteiger partial charge in [0.25, 0.3) is 0 Å². The minimum Gasteiger partial charge on any atom is -0.374 e. The number of hydrogen-bond donors (Lipinski definition) is 2. The minimum absolute atomic E-state index is 0.628. The standard InChI is InChI=1S/C9H19N3/c1-7-5-6-11-9(10-3)8(2)12(7)4/h7,10-11H,5-6H2,1-4H3. The lowest BCUT2D eigenvalue weighted by atomic mass is 10.2. The molecule has 1 aliphatic rings. The van der Waals surface area contributed by atoms with E-state index in [0.29, 0.717) is 6.04 Å². The van der Waals surface area contributed by atoms with Gasteiger partial charge in [0.1, 0.15) is 5.82 Å². The van der Waals surface area contributed by atoms with Crippen molar-refractivity contribution in [3.63, 3.8) is 0 Å². The quantitative estimate of drug-likeness (QED) is 0.605. The summed E-state index contributed by atoms with van der Waals surface area (Å²) in [6.07, 6.45) is 1.19. The molecule has 70 valence electrons. The van der Waals surface area contributed by atoms with E-state index in [0.717, 1.165) is 12.4 Å². The van der Waals surface area contributed by atoms with E-state index in [9.17, 15) is 0 Å². The van der Waals surface area contributed by atoms with E-state index in [1.165, 1.54) is 12.1 Å². The Labute approximate surface area is 74.8 Å². The second-order valence-electron chi connectivity index (χ2n) is 3.39. The lowest BCUT2D eigenvalue weighted by Gasteiger charge is -2.25. The minimum atomic E-state index is 0.628. The maximum atomic E-state index is 3.37. The normalized spacial score (nSPS) is 25.0. The Morgan fingerprint density at radius 1 is 1.58 bits per heavy atom. The van der Waals surface area contributed by atoms with Crippen molar-refractivity contribution in [2.45, 2.75) is 26.3 Å². The SMILES string of the molecule is CNC1=C(C)N(C)C(C)CCN1. The first-order chi connectivity index (χ1) is 5.66. The third-order valence-corrected chi connectivity index (χ3v) is 2.67. The second kappa shape index (κ2) is 3.70. The topological polar surface area (TPSA) is 27.3 Å². The van der Waals surface area contributed by atoms with Crippen LogP contribution in [-0.2, 0) is 0 Å². The summed E-state index contributed by atoms with van der Waals surface area (Å²) < 4.78 is 0. The first-order valence-electron chi connectivity index (χ1n) is 4.52. The molecule has 3 nitrogen and oxygen atoms in total. The van der Waals surface area contributed by atoms with Crippen molar-refractivity contribution in [1.82, 2.24) is 15.5 Å². The van der Waals surface area contributed by atoms with Crippen LogP contribution in [0.3, 0.4) is 0 Å². The molecule has 1 unspecified atom stereocenters. The lowest BCUT2D eigenvalue weighted by Crippen LogP contribution is -2.28. The third-order valence-electron chi connectivity index (χ3n) is 2.67. The first-order valence-corrected chi connectivity index (χ1v) is 4.52. The van der Waals surface area contributed by atoms with Gasteiger partial charge in [-0.05, 0) is 20.3 Å². The summed E-state index contributed by atoms with van der Waals surface area (Å²) in [4.78, 5) is 2.31. The molecule has 0 aliphatic carbocycles. The lowest BCUT2D eigenvalue weighted by molar-refractivity contribution is 0.317. The van der Waals surface area contributed by atoms with Gasteiger partial charge in [0.15, 0.2) is 0 Å². The highest BCUT2D eigenvalue weighted by molar-refractivity contribution is 5.09. The third kappa shape index (κ3) is 1.65. The van der Waals surface area contributed by atoms with Crippen LogP contribution in [0.1, 0.15) is 20.3 Å². The molecular weight excluding hydrogens is 150 g/mol. The monoisotopic (exact) mass is 169 g/mol. The van der Waals surface area contributed by atoms with Crippen molar-refractivity contribution >= 4 is 0 Å². The van der Waals surface area contributed by atoms with Gasteiger partial charge < -0.3 is 15.5 Å². The Morgan fingerprint density at radius 3 is 2.83 bits per heavy atom. The zero-order chi connectivity index (χ0) is 9.14. The van der Waals surface area contributed by atoms with Gasteiger partial charge in [-0.2, -0.15) is 0 Å². The predicted octanol–water partition coefficient (Wildman–Crippen LogP) is 0.708. The van der Waals surface area contributed by atoms with Crippen LogP contribution in [0.5, 0.6) is 0 Å². The van der Waals surface area contributed by atoms with Crippen LogP contribution in [0.2, 0.25) is 0 Å². The van der Waals surface area contributed by atoms with Gasteiger partial charge in [-0.25, -0.2) is 0 Å². The summed E-state index contributed by atoms with van der Waals surface area (Å²) in [6.45, 7) is 5.45. The smallest absolute Gasteiger partial charge is 0.118 e. The van der Waals surface area contributed by atoms with Crippen molar-refractivity contribution in [2.75, 3.05) is 20.6 Å². The fourth-order valence-corrected chi connectivity index (χ4v) is 1.50. The Hall–Kier alpha value is -0.860. The van der Waals surface area contributed by atoms with E-state index in [-0.39, 0.29) is 0 Å². The molecule has 0 saturated carbocycles. The number of nitrogens with zero attached hydrogens (tertiary/aromatic N) is 1. The summed E-state index contributed by atoms with van der Waals surface area (Å²) in [5.74, 6) is 1.15. The molecule has 0 saturated heterocycles. The summed E-state index contributed by atoms with van der Waals surface area (Å²) in [7, 11) is 4.10. The molecule has 0 amide bonds. The molecule has 1 rings (SSSR count). The fraction of sp³-hybridized carbons (Fsp3) is 0.778. The highest BCUT2D eigenvalue weighted by Crippen LogP contribution is 2.13. The van der Waals surface area contributed by atoms with E-state index < -0.39 is 0 Å². The molecule has 0 aromatic heterocycles. The average molecular weight is 169 g/mol. The van der Waals surface area contributed by atoms with Crippen LogP contribution in [0.4, 0.5) is 0 Å². The number of rotatable bonds is 1. The molecule has 1 atom stereocenters. The van der Waals surface area contributed by atoms with Crippen LogP contribution in [-0.4, -0.2) is 31.6 Å². The van der Waals surface area contributed by atoms with Gasteiger partial charge in [0.05, 0.1) is 5.70 Å². The highest BCUT2D eigenvalue weighted by Gasteiger charge is 2.15.